The standard InChI is InChI=1S/C17H20N4O2S/c1-4-14(24-17-19-10(2)9-11(3)20-17)16(23)21-13-7-5-12(6-8-13)15(18)22/h5-9,14H,4H2,1-3H3,(H2,18,22)(H,21,23). The van der Waals surface area contributed by atoms with E-state index >= 15 is 0 Å². The molecule has 1 unspecified atom stereocenters. The number of primary amides is 1. The maximum atomic E-state index is 12.5. The molecular formula is C17H20N4O2S. The zero-order chi connectivity index (χ0) is 17.7. The van der Waals surface area contributed by atoms with Crippen molar-refractivity contribution < 1.29 is 9.59 Å². The number of anilines is 1. The molecule has 1 heterocycles. The van der Waals surface area contributed by atoms with Gasteiger partial charge in [0.05, 0.1) is 5.25 Å². The van der Waals surface area contributed by atoms with Gasteiger partial charge in [-0.25, -0.2) is 9.97 Å². The highest BCUT2D eigenvalue weighted by Crippen LogP contribution is 2.24. The summed E-state index contributed by atoms with van der Waals surface area (Å²) in [6.07, 6.45) is 0.645. The van der Waals surface area contributed by atoms with Crippen LogP contribution in [0.15, 0.2) is 35.5 Å². The highest BCUT2D eigenvalue weighted by atomic mass is 32.2. The van der Waals surface area contributed by atoms with E-state index in [1.165, 1.54) is 11.8 Å². The molecule has 0 aliphatic heterocycles. The molecule has 0 spiro atoms. The number of thioether (sulfide) groups is 1. The topological polar surface area (TPSA) is 98.0 Å². The molecule has 0 saturated heterocycles. The van der Waals surface area contributed by atoms with E-state index in [2.05, 4.69) is 15.3 Å². The van der Waals surface area contributed by atoms with Crippen LogP contribution >= 0.6 is 11.8 Å². The van der Waals surface area contributed by atoms with E-state index in [9.17, 15) is 9.59 Å². The molecule has 126 valence electrons. The minimum atomic E-state index is -0.498. The van der Waals surface area contributed by atoms with E-state index < -0.39 is 5.91 Å². The second kappa shape index (κ2) is 7.92. The monoisotopic (exact) mass is 344 g/mol. The van der Waals surface area contributed by atoms with Gasteiger partial charge in [-0.05, 0) is 50.6 Å². The van der Waals surface area contributed by atoms with Gasteiger partial charge in [0.25, 0.3) is 0 Å². The molecule has 0 fully saturated rings. The maximum Gasteiger partial charge on any atom is 0.248 e. The molecule has 2 rings (SSSR count). The Bertz CT molecular complexity index is 727. The van der Waals surface area contributed by atoms with E-state index in [-0.39, 0.29) is 11.2 Å². The highest BCUT2D eigenvalue weighted by Gasteiger charge is 2.20. The third-order valence-electron chi connectivity index (χ3n) is 3.31. The Labute approximate surface area is 145 Å². The van der Waals surface area contributed by atoms with Crippen molar-refractivity contribution >= 4 is 29.3 Å². The van der Waals surface area contributed by atoms with Crippen molar-refractivity contribution in [2.24, 2.45) is 5.73 Å². The minimum Gasteiger partial charge on any atom is -0.366 e. The summed E-state index contributed by atoms with van der Waals surface area (Å²) in [6.45, 7) is 5.75. The average molecular weight is 344 g/mol. The molecule has 1 aromatic carbocycles. The lowest BCUT2D eigenvalue weighted by Gasteiger charge is -2.14. The molecule has 2 amide bonds. The van der Waals surface area contributed by atoms with Crippen LogP contribution in [0.2, 0.25) is 0 Å². The first-order valence-electron chi connectivity index (χ1n) is 7.58. The lowest BCUT2D eigenvalue weighted by molar-refractivity contribution is -0.115. The van der Waals surface area contributed by atoms with Crippen LogP contribution in [0.25, 0.3) is 0 Å². The molecule has 0 radical (unpaired) electrons. The van der Waals surface area contributed by atoms with Crippen LogP contribution in [-0.2, 0) is 4.79 Å². The van der Waals surface area contributed by atoms with E-state index in [1.54, 1.807) is 24.3 Å². The van der Waals surface area contributed by atoms with Gasteiger partial charge in [0.1, 0.15) is 0 Å². The molecule has 0 bridgehead atoms. The number of aromatic nitrogens is 2. The van der Waals surface area contributed by atoms with E-state index in [0.29, 0.717) is 22.8 Å². The molecule has 2 aromatic rings. The number of nitrogens with one attached hydrogen (secondary N) is 1. The second-order valence-corrected chi connectivity index (χ2v) is 6.55. The fourth-order valence-corrected chi connectivity index (χ4v) is 3.12. The Morgan fingerprint density at radius 1 is 1.17 bits per heavy atom. The summed E-state index contributed by atoms with van der Waals surface area (Å²) in [5.41, 5.74) is 7.97. The lowest BCUT2D eigenvalue weighted by atomic mass is 10.2. The van der Waals surface area contributed by atoms with Gasteiger partial charge in [-0.1, -0.05) is 18.7 Å². The number of rotatable bonds is 6. The van der Waals surface area contributed by atoms with Crippen molar-refractivity contribution in [2.75, 3.05) is 5.32 Å². The van der Waals surface area contributed by atoms with Gasteiger partial charge in [0.15, 0.2) is 5.16 Å². The van der Waals surface area contributed by atoms with Gasteiger partial charge < -0.3 is 11.1 Å². The number of hydrogen-bond donors (Lipinski definition) is 2. The van der Waals surface area contributed by atoms with Gasteiger partial charge in [-0.15, -0.1) is 0 Å². The van der Waals surface area contributed by atoms with Crippen LogP contribution in [-0.4, -0.2) is 27.0 Å². The molecular weight excluding hydrogens is 324 g/mol. The zero-order valence-corrected chi connectivity index (χ0v) is 14.7. The largest absolute Gasteiger partial charge is 0.366 e. The van der Waals surface area contributed by atoms with Crippen molar-refractivity contribution in [3.8, 4) is 0 Å². The van der Waals surface area contributed by atoms with E-state index in [4.69, 9.17) is 5.73 Å². The first-order valence-corrected chi connectivity index (χ1v) is 8.46. The summed E-state index contributed by atoms with van der Waals surface area (Å²) in [6, 6.07) is 8.37. The third kappa shape index (κ3) is 4.79. The summed E-state index contributed by atoms with van der Waals surface area (Å²) in [7, 11) is 0. The fourth-order valence-electron chi connectivity index (χ4n) is 2.14. The number of nitrogens with zero attached hydrogens (tertiary/aromatic N) is 2. The minimum absolute atomic E-state index is 0.128. The predicted molar refractivity (Wildman–Crippen MR) is 95.0 cm³/mol. The predicted octanol–water partition coefficient (Wildman–Crippen LogP) is 2.70. The number of hydrogen-bond acceptors (Lipinski definition) is 5. The van der Waals surface area contributed by atoms with Crippen LogP contribution in [0.5, 0.6) is 0 Å². The van der Waals surface area contributed by atoms with Crippen LogP contribution in [0, 0.1) is 13.8 Å². The third-order valence-corrected chi connectivity index (χ3v) is 4.53. The molecule has 0 aliphatic carbocycles. The number of amides is 2. The molecule has 0 saturated carbocycles. The average Bonchev–Trinajstić information content (AvgIpc) is 2.52. The summed E-state index contributed by atoms with van der Waals surface area (Å²) in [4.78, 5) is 32.2. The Hall–Kier alpha value is -2.41. The molecule has 1 atom stereocenters. The number of carbonyl (C=O) groups excluding carboxylic acids is 2. The summed E-state index contributed by atoms with van der Waals surface area (Å²) < 4.78 is 0. The first-order chi connectivity index (χ1) is 11.4. The maximum absolute atomic E-state index is 12.5. The van der Waals surface area contributed by atoms with Crippen LogP contribution in [0.4, 0.5) is 5.69 Å². The van der Waals surface area contributed by atoms with Gasteiger partial charge in [0, 0.05) is 22.6 Å². The number of nitrogens with two attached hydrogens (primary N) is 1. The SMILES string of the molecule is CCC(Sc1nc(C)cc(C)n1)C(=O)Nc1ccc(C(N)=O)cc1. The van der Waals surface area contributed by atoms with Crippen molar-refractivity contribution in [1.82, 2.24) is 9.97 Å². The molecule has 6 nitrogen and oxygen atoms in total. The molecule has 3 N–H and O–H groups in total. The first kappa shape index (κ1) is 17.9. The lowest BCUT2D eigenvalue weighted by Crippen LogP contribution is -2.25. The number of carbonyl (C=O) groups is 2. The van der Waals surface area contributed by atoms with Crippen LogP contribution in [0.3, 0.4) is 0 Å². The van der Waals surface area contributed by atoms with E-state index in [0.717, 1.165) is 11.4 Å². The van der Waals surface area contributed by atoms with Gasteiger partial charge in [-0.2, -0.15) is 0 Å². The number of aryl methyl sites for hydroxylation is 2. The van der Waals surface area contributed by atoms with Crippen molar-refractivity contribution in [3.05, 3.63) is 47.3 Å². The normalized spacial score (nSPS) is 11.8. The zero-order valence-electron chi connectivity index (χ0n) is 13.9. The van der Waals surface area contributed by atoms with Gasteiger partial charge in [-0.3, -0.25) is 9.59 Å². The van der Waals surface area contributed by atoms with Crippen molar-refractivity contribution in [1.29, 1.82) is 0 Å². The smallest absolute Gasteiger partial charge is 0.248 e. The second-order valence-electron chi connectivity index (χ2n) is 5.38. The van der Waals surface area contributed by atoms with Crippen LogP contribution < -0.4 is 11.1 Å². The Morgan fingerprint density at radius 3 is 2.25 bits per heavy atom. The van der Waals surface area contributed by atoms with Crippen molar-refractivity contribution in [2.45, 2.75) is 37.6 Å². The molecule has 24 heavy (non-hydrogen) atoms. The summed E-state index contributed by atoms with van der Waals surface area (Å²) >= 11 is 1.34. The fraction of sp³-hybridized carbons (Fsp3) is 0.294. The molecule has 7 heteroatoms. The van der Waals surface area contributed by atoms with Gasteiger partial charge >= 0.3 is 0 Å². The quantitative estimate of drug-likeness (QED) is 0.620. The van der Waals surface area contributed by atoms with Crippen molar-refractivity contribution in [3.63, 3.8) is 0 Å². The van der Waals surface area contributed by atoms with Crippen LogP contribution in [0.1, 0.15) is 35.1 Å². The molecule has 0 aliphatic rings. The summed E-state index contributed by atoms with van der Waals surface area (Å²) in [5, 5.41) is 3.13. The highest BCUT2D eigenvalue weighted by molar-refractivity contribution is 8.00. The Kier molecular flexibility index (Phi) is 5.92. The van der Waals surface area contributed by atoms with E-state index in [1.807, 2.05) is 26.8 Å². The Balaban J connectivity index is 2.06. The number of benzene rings is 1. The Morgan fingerprint density at radius 2 is 1.75 bits per heavy atom. The molecule has 1 aromatic heterocycles. The van der Waals surface area contributed by atoms with Gasteiger partial charge in [0.2, 0.25) is 11.8 Å². The summed E-state index contributed by atoms with van der Waals surface area (Å²) in [5.74, 6) is -0.626.